The van der Waals surface area contributed by atoms with Crippen molar-refractivity contribution >= 4 is 5.91 Å². The van der Waals surface area contributed by atoms with Crippen LogP contribution in [0.3, 0.4) is 0 Å². The van der Waals surface area contributed by atoms with Gasteiger partial charge in [0, 0.05) is 19.0 Å². The number of carbonyl (C=O) groups excluding carboxylic acids is 1. The van der Waals surface area contributed by atoms with E-state index in [9.17, 15) is 4.79 Å². The summed E-state index contributed by atoms with van der Waals surface area (Å²) in [6, 6.07) is 10.7. The molecule has 0 saturated carbocycles. The number of benzene rings is 1. The molecule has 1 aromatic carbocycles. The van der Waals surface area contributed by atoms with E-state index >= 15 is 0 Å². The first-order valence-electron chi connectivity index (χ1n) is 7.83. The first kappa shape index (κ1) is 13.4. The molecule has 0 spiro atoms. The average Bonchev–Trinajstić information content (AvgIpc) is 2.56. The summed E-state index contributed by atoms with van der Waals surface area (Å²) in [6.07, 6.45) is 9.63. The highest BCUT2D eigenvalue weighted by Gasteiger charge is 2.28. The van der Waals surface area contributed by atoms with Gasteiger partial charge < -0.3 is 4.90 Å². The molecule has 1 amide bonds. The summed E-state index contributed by atoms with van der Waals surface area (Å²) in [5.74, 6) is 1.26. The molecule has 2 nitrogen and oxygen atoms in total. The number of hydrogen-bond acceptors (Lipinski definition) is 1. The maximum Gasteiger partial charge on any atom is 0.226 e. The molecule has 1 heterocycles. The lowest BCUT2D eigenvalue weighted by atomic mass is 9.87. The molecule has 2 aliphatic rings. The summed E-state index contributed by atoms with van der Waals surface area (Å²) >= 11 is 0. The Hall–Kier alpha value is -1.57. The zero-order chi connectivity index (χ0) is 13.8. The van der Waals surface area contributed by atoms with Gasteiger partial charge in [-0.2, -0.15) is 0 Å². The highest BCUT2D eigenvalue weighted by atomic mass is 16.2. The second kappa shape index (κ2) is 6.25. The van der Waals surface area contributed by atoms with E-state index < -0.39 is 0 Å². The monoisotopic (exact) mass is 269 g/mol. The van der Waals surface area contributed by atoms with Crippen molar-refractivity contribution in [2.45, 2.75) is 38.0 Å². The van der Waals surface area contributed by atoms with Crippen molar-refractivity contribution in [1.82, 2.24) is 4.90 Å². The molecule has 1 fully saturated rings. The van der Waals surface area contributed by atoms with Crippen molar-refractivity contribution < 1.29 is 4.79 Å². The van der Waals surface area contributed by atoms with Crippen LogP contribution in [-0.4, -0.2) is 23.9 Å². The molecule has 3 rings (SSSR count). The van der Waals surface area contributed by atoms with E-state index in [1.807, 2.05) is 0 Å². The van der Waals surface area contributed by atoms with Crippen LogP contribution in [0.2, 0.25) is 0 Å². The summed E-state index contributed by atoms with van der Waals surface area (Å²) in [4.78, 5) is 14.6. The van der Waals surface area contributed by atoms with Gasteiger partial charge in [-0.15, -0.1) is 0 Å². The van der Waals surface area contributed by atoms with Gasteiger partial charge in [-0.3, -0.25) is 4.79 Å². The number of piperidine rings is 1. The number of allylic oxidation sites excluding steroid dienone is 2. The minimum absolute atomic E-state index is 0.244. The molecule has 0 radical (unpaired) electrons. The first-order chi connectivity index (χ1) is 9.84. The largest absolute Gasteiger partial charge is 0.342 e. The lowest BCUT2D eigenvalue weighted by molar-refractivity contribution is -0.136. The van der Waals surface area contributed by atoms with Gasteiger partial charge in [0.15, 0.2) is 0 Å². The molecular weight excluding hydrogens is 246 g/mol. The molecule has 1 saturated heterocycles. The van der Waals surface area contributed by atoms with Crippen molar-refractivity contribution in [2.24, 2.45) is 5.92 Å². The third-order valence-electron chi connectivity index (χ3n) is 4.70. The van der Waals surface area contributed by atoms with E-state index in [1.54, 1.807) is 0 Å². The van der Waals surface area contributed by atoms with Gasteiger partial charge >= 0.3 is 0 Å². The van der Waals surface area contributed by atoms with Gasteiger partial charge in [0.05, 0.1) is 0 Å². The van der Waals surface area contributed by atoms with Crippen LogP contribution in [0, 0.1) is 5.92 Å². The fraction of sp³-hybridized carbons (Fsp3) is 0.500. The van der Waals surface area contributed by atoms with E-state index in [0.29, 0.717) is 11.8 Å². The SMILES string of the molecule is O=C(C1CC=CCC1)N1CCC(c2ccccc2)CC1. The minimum atomic E-state index is 0.244. The van der Waals surface area contributed by atoms with Crippen LogP contribution in [0.4, 0.5) is 0 Å². The summed E-state index contributed by atoms with van der Waals surface area (Å²) in [5, 5.41) is 0. The lowest BCUT2D eigenvalue weighted by Gasteiger charge is -2.34. The van der Waals surface area contributed by atoms with Crippen molar-refractivity contribution in [3.05, 3.63) is 48.0 Å². The van der Waals surface area contributed by atoms with E-state index in [2.05, 4.69) is 47.4 Å². The van der Waals surface area contributed by atoms with Gasteiger partial charge in [0.1, 0.15) is 0 Å². The van der Waals surface area contributed by atoms with Gasteiger partial charge in [-0.25, -0.2) is 0 Å². The topological polar surface area (TPSA) is 20.3 Å². The van der Waals surface area contributed by atoms with Crippen LogP contribution in [0.15, 0.2) is 42.5 Å². The van der Waals surface area contributed by atoms with Gasteiger partial charge in [0.2, 0.25) is 5.91 Å². The van der Waals surface area contributed by atoms with Crippen LogP contribution in [-0.2, 0) is 4.79 Å². The van der Waals surface area contributed by atoms with E-state index in [-0.39, 0.29) is 5.92 Å². The quantitative estimate of drug-likeness (QED) is 0.749. The first-order valence-corrected chi connectivity index (χ1v) is 7.83. The summed E-state index contributed by atoms with van der Waals surface area (Å²) in [5.41, 5.74) is 1.43. The molecule has 0 bridgehead atoms. The Morgan fingerprint density at radius 3 is 2.40 bits per heavy atom. The molecule has 20 heavy (non-hydrogen) atoms. The van der Waals surface area contributed by atoms with Crippen LogP contribution in [0.25, 0.3) is 0 Å². The van der Waals surface area contributed by atoms with Crippen molar-refractivity contribution in [1.29, 1.82) is 0 Å². The molecule has 1 aromatic rings. The molecule has 0 aromatic heterocycles. The number of carbonyl (C=O) groups is 1. The molecule has 1 aliphatic heterocycles. The van der Waals surface area contributed by atoms with Crippen molar-refractivity contribution in [2.75, 3.05) is 13.1 Å². The zero-order valence-corrected chi connectivity index (χ0v) is 12.0. The van der Waals surface area contributed by atoms with Crippen LogP contribution in [0.5, 0.6) is 0 Å². The third kappa shape index (κ3) is 2.95. The van der Waals surface area contributed by atoms with Gasteiger partial charge in [0.25, 0.3) is 0 Å². The highest BCUT2D eigenvalue weighted by Crippen LogP contribution is 2.29. The minimum Gasteiger partial charge on any atom is -0.342 e. The Balaban J connectivity index is 1.56. The molecule has 2 heteroatoms. The number of rotatable bonds is 2. The number of nitrogens with zero attached hydrogens (tertiary/aromatic N) is 1. The lowest BCUT2D eigenvalue weighted by Crippen LogP contribution is -2.41. The van der Waals surface area contributed by atoms with E-state index in [1.165, 1.54) is 5.56 Å². The fourth-order valence-electron chi connectivity index (χ4n) is 3.43. The number of likely N-dealkylation sites (tertiary alicyclic amines) is 1. The highest BCUT2D eigenvalue weighted by molar-refractivity contribution is 5.79. The standard InChI is InChI=1S/C18H23NO/c20-18(17-9-5-2-6-10-17)19-13-11-16(12-14-19)15-7-3-1-4-8-15/h1-5,7-8,16-17H,6,9-14H2. The Bertz CT molecular complexity index is 471. The Morgan fingerprint density at radius 2 is 1.75 bits per heavy atom. The number of hydrogen-bond donors (Lipinski definition) is 0. The summed E-state index contributed by atoms with van der Waals surface area (Å²) < 4.78 is 0. The normalized spacial score (nSPS) is 23.8. The molecule has 1 atom stereocenters. The molecule has 106 valence electrons. The second-order valence-electron chi connectivity index (χ2n) is 5.99. The molecule has 1 unspecified atom stereocenters. The zero-order valence-electron chi connectivity index (χ0n) is 12.0. The van der Waals surface area contributed by atoms with Gasteiger partial charge in [-0.1, -0.05) is 42.5 Å². The maximum absolute atomic E-state index is 12.5. The molecule has 1 aliphatic carbocycles. The number of amides is 1. The van der Waals surface area contributed by atoms with Crippen LogP contribution < -0.4 is 0 Å². The fourth-order valence-corrected chi connectivity index (χ4v) is 3.43. The Kier molecular flexibility index (Phi) is 4.19. The molecular formula is C18H23NO. The van der Waals surface area contributed by atoms with E-state index in [4.69, 9.17) is 0 Å². The Labute approximate surface area is 121 Å². The predicted molar refractivity (Wildman–Crippen MR) is 81.5 cm³/mol. The van der Waals surface area contributed by atoms with E-state index in [0.717, 1.165) is 45.2 Å². The molecule has 0 N–H and O–H groups in total. The maximum atomic E-state index is 12.5. The van der Waals surface area contributed by atoms with Crippen LogP contribution in [0.1, 0.15) is 43.6 Å². The Morgan fingerprint density at radius 1 is 1.00 bits per heavy atom. The average molecular weight is 269 g/mol. The smallest absolute Gasteiger partial charge is 0.226 e. The third-order valence-corrected chi connectivity index (χ3v) is 4.70. The second-order valence-corrected chi connectivity index (χ2v) is 5.99. The summed E-state index contributed by atoms with van der Waals surface area (Å²) in [7, 11) is 0. The van der Waals surface area contributed by atoms with Crippen molar-refractivity contribution in [3.63, 3.8) is 0 Å². The van der Waals surface area contributed by atoms with Gasteiger partial charge in [-0.05, 0) is 43.6 Å². The summed E-state index contributed by atoms with van der Waals surface area (Å²) in [6.45, 7) is 1.86. The van der Waals surface area contributed by atoms with Crippen molar-refractivity contribution in [3.8, 4) is 0 Å². The van der Waals surface area contributed by atoms with Crippen LogP contribution >= 0.6 is 0 Å². The predicted octanol–water partition coefficient (Wildman–Crippen LogP) is 3.75.